The summed E-state index contributed by atoms with van der Waals surface area (Å²) in [6.07, 6.45) is 0. The van der Waals surface area contributed by atoms with E-state index in [1.54, 1.807) is 19.2 Å². The molecule has 1 saturated heterocycles. The first-order valence-corrected chi connectivity index (χ1v) is 6.12. The van der Waals surface area contributed by atoms with Gasteiger partial charge < -0.3 is 10.2 Å². The fourth-order valence-corrected chi connectivity index (χ4v) is 2.00. The lowest BCUT2D eigenvalue weighted by Gasteiger charge is -2.28. The zero-order valence-corrected chi connectivity index (χ0v) is 10.5. The molecule has 0 spiro atoms. The highest BCUT2D eigenvalue weighted by molar-refractivity contribution is 5.94. The van der Waals surface area contributed by atoms with Gasteiger partial charge in [-0.3, -0.25) is 9.69 Å². The summed E-state index contributed by atoms with van der Waals surface area (Å²) < 4.78 is 13.1. The quantitative estimate of drug-likeness (QED) is 0.858. The Labute approximate surface area is 106 Å². The number of hydrogen-bond donors (Lipinski definition) is 1. The molecular weight excluding hydrogens is 233 g/mol. The molecule has 1 N–H and O–H groups in total. The van der Waals surface area contributed by atoms with E-state index in [2.05, 4.69) is 10.2 Å². The number of nitrogens with one attached hydrogen (secondary N) is 1. The summed E-state index contributed by atoms with van der Waals surface area (Å²) in [6, 6.07) is 6.09. The zero-order valence-electron chi connectivity index (χ0n) is 10.5. The second kappa shape index (κ2) is 5.93. The minimum atomic E-state index is -0.325. The third-order valence-corrected chi connectivity index (χ3v) is 3.14. The van der Waals surface area contributed by atoms with Crippen LogP contribution in [0.5, 0.6) is 0 Å². The van der Waals surface area contributed by atoms with Crippen LogP contribution >= 0.6 is 0 Å². The summed E-state index contributed by atoms with van der Waals surface area (Å²) in [7, 11) is 1.68. The van der Waals surface area contributed by atoms with Gasteiger partial charge in [-0.15, -0.1) is 0 Å². The molecule has 1 aromatic carbocycles. The Kier molecular flexibility index (Phi) is 4.28. The van der Waals surface area contributed by atoms with Crippen molar-refractivity contribution in [2.45, 2.75) is 0 Å². The molecule has 1 amide bonds. The third-order valence-electron chi connectivity index (χ3n) is 3.14. The molecule has 4 nitrogen and oxygen atoms in total. The molecule has 0 saturated carbocycles. The van der Waals surface area contributed by atoms with Crippen molar-refractivity contribution in [3.63, 3.8) is 0 Å². The van der Waals surface area contributed by atoms with Gasteiger partial charge in [0.15, 0.2) is 0 Å². The van der Waals surface area contributed by atoms with Crippen molar-refractivity contribution in [3.8, 4) is 0 Å². The van der Waals surface area contributed by atoms with E-state index in [1.807, 2.05) is 0 Å². The van der Waals surface area contributed by atoms with Crippen molar-refractivity contribution in [1.29, 1.82) is 0 Å². The van der Waals surface area contributed by atoms with Crippen molar-refractivity contribution in [2.24, 2.45) is 0 Å². The van der Waals surface area contributed by atoms with Crippen LogP contribution in [0, 0.1) is 5.82 Å². The van der Waals surface area contributed by atoms with Crippen molar-refractivity contribution in [1.82, 2.24) is 10.2 Å². The highest BCUT2D eigenvalue weighted by Crippen LogP contribution is 2.14. The van der Waals surface area contributed by atoms with E-state index in [-0.39, 0.29) is 11.7 Å². The van der Waals surface area contributed by atoms with E-state index in [0.717, 1.165) is 26.2 Å². The molecule has 0 bridgehead atoms. The minimum absolute atomic E-state index is 0.0116. The van der Waals surface area contributed by atoms with Crippen LogP contribution in [0.15, 0.2) is 24.3 Å². The zero-order chi connectivity index (χ0) is 13.0. The molecule has 1 aromatic rings. The Morgan fingerprint density at radius 2 is 2.17 bits per heavy atom. The highest BCUT2D eigenvalue weighted by atomic mass is 19.1. The van der Waals surface area contributed by atoms with Gasteiger partial charge in [0.1, 0.15) is 5.82 Å². The molecule has 0 aliphatic carbocycles. The average molecular weight is 251 g/mol. The first-order valence-electron chi connectivity index (χ1n) is 6.12. The van der Waals surface area contributed by atoms with Gasteiger partial charge in [0.25, 0.3) is 0 Å². The monoisotopic (exact) mass is 251 g/mol. The maximum atomic E-state index is 13.1. The van der Waals surface area contributed by atoms with Gasteiger partial charge >= 0.3 is 0 Å². The summed E-state index contributed by atoms with van der Waals surface area (Å²) in [4.78, 5) is 15.7. The lowest BCUT2D eigenvalue weighted by molar-refractivity contribution is -0.119. The van der Waals surface area contributed by atoms with E-state index in [0.29, 0.717) is 12.2 Å². The Bertz CT molecular complexity index is 418. The van der Waals surface area contributed by atoms with Crippen LogP contribution in [0.4, 0.5) is 10.1 Å². The van der Waals surface area contributed by atoms with Crippen LogP contribution in [0.1, 0.15) is 0 Å². The number of rotatable bonds is 3. The Hall–Kier alpha value is -1.46. The summed E-state index contributed by atoms with van der Waals surface area (Å²) in [5.41, 5.74) is 0.593. The van der Waals surface area contributed by atoms with E-state index < -0.39 is 0 Å². The first-order chi connectivity index (χ1) is 8.66. The molecular formula is C13H18FN3O. The molecule has 0 aromatic heterocycles. The van der Waals surface area contributed by atoms with Crippen molar-refractivity contribution < 1.29 is 9.18 Å². The number of benzene rings is 1. The lowest BCUT2D eigenvalue weighted by Crippen LogP contribution is -2.47. The van der Waals surface area contributed by atoms with Gasteiger partial charge in [0, 0.05) is 38.9 Å². The predicted molar refractivity (Wildman–Crippen MR) is 69.1 cm³/mol. The fourth-order valence-electron chi connectivity index (χ4n) is 2.00. The maximum Gasteiger partial charge on any atom is 0.240 e. The van der Waals surface area contributed by atoms with Gasteiger partial charge in [-0.25, -0.2) is 4.39 Å². The number of anilines is 1. The summed E-state index contributed by atoms with van der Waals surface area (Å²) in [5.74, 6) is -0.336. The second-order valence-corrected chi connectivity index (χ2v) is 4.46. The Balaban J connectivity index is 1.95. The van der Waals surface area contributed by atoms with Crippen molar-refractivity contribution in [2.75, 3.05) is 44.7 Å². The van der Waals surface area contributed by atoms with Crippen molar-refractivity contribution in [3.05, 3.63) is 30.1 Å². The summed E-state index contributed by atoms with van der Waals surface area (Å²) >= 11 is 0. The van der Waals surface area contributed by atoms with Crippen LogP contribution < -0.4 is 10.2 Å². The molecule has 1 aliphatic heterocycles. The highest BCUT2D eigenvalue weighted by Gasteiger charge is 2.17. The topological polar surface area (TPSA) is 35.6 Å². The number of carbonyl (C=O) groups excluding carboxylic acids is 1. The largest absolute Gasteiger partial charge is 0.314 e. The molecule has 2 rings (SSSR count). The third kappa shape index (κ3) is 3.27. The van der Waals surface area contributed by atoms with Crippen LogP contribution in [0.2, 0.25) is 0 Å². The Morgan fingerprint density at radius 1 is 1.44 bits per heavy atom. The Morgan fingerprint density at radius 3 is 2.83 bits per heavy atom. The molecule has 0 radical (unpaired) electrons. The fraction of sp³-hybridized carbons (Fsp3) is 0.462. The van der Waals surface area contributed by atoms with Crippen LogP contribution in [-0.2, 0) is 4.79 Å². The predicted octanol–water partition coefficient (Wildman–Crippen LogP) is 0.694. The van der Waals surface area contributed by atoms with Gasteiger partial charge in [-0.2, -0.15) is 0 Å². The number of piperazine rings is 1. The SMILES string of the molecule is CN(C(=O)CN1CCNCC1)c1cccc(F)c1. The van der Waals surface area contributed by atoms with Gasteiger partial charge in [-0.05, 0) is 18.2 Å². The van der Waals surface area contributed by atoms with E-state index in [9.17, 15) is 9.18 Å². The number of hydrogen-bond acceptors (Lipinski definition) is 3. The van der Waals surface area contributed by atoms with Crippen LogP contribution in [0.25, 0.3) is 0 Å². The molecule has 0 atom stereocenters. The molecule has 5 heteroatoms. The van der Waals surface area contributed by atoms with Gasteiger partial charge in [0.05, 0.1) is 6.54 Å². The number of halogens is 1. The maximum absolute atomic E-state index is 13.1. The van der Waals surface area contributed by atoms with Gasteiger partial charge in [0.2, 0.25) is 5.91 Å². The molecule has 1 fully saturated rings. The van der Waals surface area contributed by atoms with Crippen LogP contribution in [0.3, 0.4) is 0 Å². The van der Waals surface area contributed by atoms with Crippen molar-refractivity contribution >= 4 is 11.6 Å². The van der Waals surface area contributed by atoms with Crippen LogP contribution in [-0.4, -0.2) is 50.6 Å². The smallest absolute Gasteiger partial charge is 0.240 e. The second-order valence-electron chi connectivity index (χ2n) is 4.46. The standard InChI is InChI=1S/C13H18FN3O/c1-16(12-4-2-3-11(14)9-12)13(18)10-17-7-5-15-6-8-17/h2-4,9,15H,5-8,10H2,1H3. The summed E-state index contributed by atoms with van der Waals surface area (Å²) in [6.45, 7) is 3.97. The molecule has 18 heavy (non-hydrogen) atoms. The molecule has 98 valence electrons. The average Bonchev–Trinajstić information content (AvgIpc) is 2.39. The normalized spacial score (nSPS) is 16.6. The number of nitrogens with zero attached hydrogens (tertiary/aromatic N) is 2. The number of carbonyl (C=O) groups is 1. The lowest BCUT2D eigenvalue weighted by atomic mass is 10.2. The van der Waals surface area contributed by atoms with E-state index in [4.69, 9.17) is 0 Å². The summed E-state index contributed by atoms with van der Waals surface area (Å²) in [5, 5.41) is 3.24. The minimum Gasteiger partial charge on any atom is -0.314 e. The molecule has 1 heterocycles. The van der Waals surface area contributed by atoms with E-state index >= 15 is 0 Å². The molecule has 1 aliphatic rings. The van der Waals surface area contributed by atoms with E-state index in [1.165, 1.54) is 17.0 Å². The first kappa shape index (κ1) is 13.0. The number of likely N-dealkylation sites (N-methyl/N-ethyl adjacent to an activating group) is 1. The van der Waals surface area contributed by atoms with Gasteiger partial charge in [-0.1, -0.05) is 6.07 Å². The number of amides is 1. The molecule has 0 unspecified atom stereocenters.